The predicted molar refractivity (Wildman–Crippen MR) is 81.4 cm³/mol. The quantitative estimate of drug-likeness (QED) is 0.823. The lowest BCUT2D eigenvalue weighted by molar-refractivity contribution is 0.409. The summed E-state index contributed by atoms with van der Waals surface area (Å²) in [6, 6.07) is 7.01. The SMILES string of the molecule is COc1ccc2c(c1)CC(NCCCn1ccnn1)CC2. The van der Waals surface area contributed by atoms with E-state index in [0.29, 0.717) is 6.04 Å². The van der Waals surface area contributed by atoms with Gasteiger partial charge in [-0.05, 0) is 55.5 Å². The highest BCUT2D eigenvalue weighted by molar-refractivity contribution is 5.37. The Morgan fingerprint density at radius 2 is 2.33 bits per heavy atom. The van der Waals surface area contributed by atoms with Gasteiger partial charge in [-0.1, -0.05) is 11.3 Å². The van der Waals surface area contributed by atoms with Gasteiger partial charge in [-0.2, -0.15) is 0 Å². The van der Waals surface area contributed by atoms with Crippen molar-refractivity contribution in [3.05, 3.63) is 41.7 Å². The highest BCUT2D eigenvalue weighted by Gasteiger charge is 2.18. The Kier molecular flexibility index (Phi) is 4.50. The number of nitrogens with one attached hydrogen (secondary N) is 1. The zero-order valence-electron chi connectivity index (χ0n) is 12.5. The van der Waals surface area contributed by atoms with Gasteiger partial charge in [0, 0.05) is 18.8 Å². The lowest BCUT2D eigenvalue weighted by Crippen LogP contribution is -2.35. The Labute approximate surface area is 125 Å². The van der Waals surface area contributed by atoms with E-state index in [4.69, 9.17) is 4.74 Å². The summed E-state index contributed by atoms with van der Waals surface area (Å²) >= 11 is 0. The minimum atomic E-state index is 0.570. The highest BCUT2D eigenvalue weighted by Crippen LogP contribution is 2.25. The molecule has 0 saturated heterocycles. The van der Waals surface area contributed by atoms with Gasteiger partial charge in [-0.25, -0.2) is 0 Å². The predicted octanol–water partition coefficient (Wildman–Crippen LogP) is 1.82. The maximum Gasteiger partial charge on any atom is 0.119 e. The number of ether oxygens (including phenoxy) is 1. The van der Waals surface area contributed by atoms with E-state index >= 15 is 0 Å². The van der Waals surface area contributed by atoms with Crippen LogP contribution in [0.4, 0.5) is 0 Å². The van der Waals surface area contributed by atoms with E-state index < -0.39 is 0 Å². The fourth-order valence-corrected chi connectivity index (χ4v) is 2.93. The van der Waals surface area contributed by atoms with Gasteiger partial charge in [0.15, 0.2) is 0 Å². The van der Waals surface area contributed by atoms with Crippen molar-refractivity contribution < 1.29 is 4.74 Å². The highest BCUT2D eigenvalue weighted by atomic mass is 16.5. The summed E-state index contributed by atoms with van der Waals surface area (Å²) in [5, 5.41) is 11.4. The summed E-state index contributed by atoms with van der Waals surface area (Å²) in [4.78, 5) is 0. The first-order chi connectivity index (χ1) is 10.3. The molecule has 1 aromatic heterocycles. The van der Waals surface area contributed by atoms with Crippen molar-refractivity contribution in [2.75, 3.05) is 13.7 Å². The molecule has 0 saturated carbocycles. The lowest BCUT2D eigenvalue weighted by atomic mass is 9.88. The van der Waals surface area contributed by atoms with Crippen molar-refractivity contribution in [3.8, 4) is 5.75 Å². The molecule has 1 aromatic carbocycles. The van der Waals surface area contributed by atoms with Crippen LogP contribution in [0.3, 0.4) is 0 Å². The summed E-state index contributed by atoms with van der Waals surface area (Å²) in [6.07, 6.45) is 8.16. The molecule has 0 spiro atoms. The maximum atomic E-state index is 5.32. The van der Waals surface area contributed by atoms with Gasteiger partial charge in [0.2, 0.25) is 0 Å². The molecule has 0 radical (unpaired) electrons. The largest absolute Gasteiger partial charge is 0.497 e. The Morgan fingerprint density at radius 1 is 1.38 bits per heavy atom. The Bertz CT molecular complexity index is 568. The zero-order valence-corrected chi connectivity index (χ0v) is 12.5. The molecule has 112 valence electrons. The number of hydrogen-bond donors (Lipinski definition) is 1. The molecule has 1 atom stereocenters. The van der Waals surface area contributed by atoms with Gasteiger partial charge in [-0.3, -0.25) is 4.68 Å². The van der Waals surface area contributed by atoms with E-state index in [1.54, 1.807) is 13.3 Å². The molecular weight excluding hydrogens is 264 g/mol. The second kappa shape index (κ2) is 6.72. The molecule has 3 rings (SSSR count). The zero-order chi connectivity index (χ0) is 14.5. The minimum absolute atomic E-state index is 0.570. The van der Waals surface area contributed by atoms with Crippen molar-refractivity contribution in [2.24, 2.45) is 0 Å². The van der Waals surface area contributed by atoms with Gasteiger partial charge >= 0.3 is 0 Å². The van der Waals surface area contributed by atoms with Crippen LogP contribution < -0.4 is 10.1 Å². The molecular formula is C16H22N4O. The minimum Gasteiger partial charge on any atom is -0.497 e. The number of fused-ring (bicyclic) bond motifs is 1. The topological polar surface area (TPSA) is 52.0 Å². The van der Waals surface area contributed by atoms with Gasteiger partial charge in [0.1, 0.15) is 5.75 Å². The number of rotatable bonds is 6. The fraction of sp³-hybridized carbons (Fsp3) is 0.500. The van der Waals surface area contributed by atoms with E-state index in [0.717, 1.165) is 38.1 Å². The van der Waals surface area contributed by atoms with Crippen molar-refractivity contribution in [2.45, 2.75) is 38.3 Å². The summed E-state index contributed by atoms with van der Waals surface area (Å²) in [7, 11) is 1.73. The van der Waals surface area contributed by atoms with E-state index in [-0.39, 0.29) is 0 Å². The van der Waals surface area contributed by atoms with E-state index in [1.807, 2.05) is 10.9 Å². The second-order valence-corrected chi connectivity index (χ2v) is 5.55. The van der Waals surface area contributed by atoms with E-state index in [9.17, 15) is 0 Å². The van der Waals surface area contributed by atoms with Crippen molar-refractivity contribution in [3.63, 3.8) is 0 Å². The van der Waals surface area contributed by atoms with Crippen LogP contribution in [0.5, 0.6) is 5.75 Å². The Morgan fingerprint density at radius 3 is 3.14 bits per heavy atom. The molecule has 0 fully saturated rings. The summed E-state index contributed by atoms with van der Waals surface area (Å²) in [5.41, 5.74) is 2.89. The Balaban J connectivity index is 1.47. The molecule has 1 N–H and O–H groups in total. The van der Waals surface area contributed by atoms with Crippen LogP contribution >= 0.6 is 0 Å². The molecule has 5 heteroatoms. The average Bonchev–Trinajstić information content (AvgIpc) is 3.04. The standard InChI is InChI=1S/C16H22N4O/c1-21-16-6-4-13-3-5-15(11-14(13)12-16)17-7-2-9-20-10-8-18-19-20/h4,6,8,10,12,15,17H,2-3,5,7,9,11H2,1H3. The second-order valence-electron chi connectivity index (χ2n) is 5.55. The van der Waals surface area contributed by atoms with Crippen LogP contribution in [-0.4, -0.2) is 34.7 Å². The van der Waals surface area contributed by atoms with Crippen LogP contribution in [0.25, 0.3) is 0 Å². The molecule has 0 aliphatic heterocycles. The number of nitrogens with zero attached hydrogens (tertiary/aromatic N) is 3. The number of aryl methyl sites for hydroxylation is 2. The molecule has 5 nitrogen and oxygen atoms in total. The van der Waals surface area contributed by atoms with Crippen molar-refractivity contribution >= 4 is 0 Å². The number of methoxy groups -OCH3 is 1. The third kappa shape index (κ3) is 3.61. The smallest absolute Gasteiger partial charge is 0.119 e. The number of hydrogen-bond acceptors (Lipinski definition) is 4. The average molecular weight is 286 g/mol. The summed E-state index contributed by atoms with van der Waals surface area (Å²) in [5.74, 6) is 0.959. The van der Waals surface area contributed by atoms with Crippen LogP contribution in [0, 0.1) is 0 Å². The molecule has 2 aromatic rings. The van der Waals surface area contributed by atoms with Crippen LogP contribution in [0.1, 0.15) is 24.0 Å². The van der Waals surface area contributed by atoms with Gasteiger partial charge in [0.05, 0.1) is 13.3 Å². The third-order valence-electron chi connectivity index (χ3n) is 4.11. The molecule has 0 bridgehead atoms. The first-order valence-corrected chi connectivity index (χ1v) is 7.58. The lowest BCUT2D eigenvalue weighted by Gasteiger charge is -2.26. The van der Waals surface area contributed by atoms with Crippen molar-refractivity contribution in [1.82, 2.24) is 20.3 Å². The molecule has 1 unspecified atom stereocenters. The van der Waals surface area contributed by atoms with Gasteiger partial charge in [0.25, 0.3) is 0 Å². The Hall–Kier alpha value is -1.88. The summed E-state index contributed by atoms with van der Waals surface area (Å²) in [6.45, 7) is 1.94. The molecule has 1 aliphatic rings. The number of benzene rings is 1. The molecule has 0 amide bonds. The van der Waals surface area contributed by atoms with Crippen LogP contribution in [0.15, 0.2) is 30.6 Å². The molecule has 1 heterocycles. The van der Waals surface area contributed by atoms with E-state index in [2.05, 4.69) is 33.8 Å². The summed E-state index contributed by atoms with van der Waals surface area (Å²) < 4.78 is 7.20. The third-order valence-corrected chi connectivity index (χ3v) is 4.11. The molecule has 1 aliphatic carbocycles. The number of aromatic nitrogens is 3. The van der Waals surface area contributed by atoms with Crippen LogP contribution in [-0.2, 0) is 19.4 Å². The normalized spacial score (nSPS) is 17.5. The first kappa shape index (κ1) is 14.1. The molecule has 21 heavy (non-hydrogen) atoms. The first-order valence-electron chi connectivity index (χ1n) is 7.58. The fourth-order valence-electron chi connectivity index (χ4n) is 2.93. The van der Waals surface area contributed by atoms with Crippen molar-refractivity contribution in [1.29, 1.82) is 0 Å². The maximum absolute atomic E-state index is 5.32. The van der Waals surface area contributed by atoms with Gasteiger partial charge in [-0.15, -0.1) is 5.10 Å². The monoisotopic (exact) mass is 286 g/mol. The van der Waals surface area contributed by atoms with E-state index in [1.165, 1.54) is 17.5 Å². The van der Waals surface area contributed by atoms with Gasteiger partial charge < -0.3 is 10.1 Å². The van der Waals surface area contributed by atoms with Crippen LogP contribution in [0.2, 0.25) is 0 Å².